The lowest BCUT2D eigenvalue weighted by Crippen LogP contribution is -2.18. The predicted octanol–water partition coefficient (Wildman–Crippen LogP) is 5.94. The molecule has 0 aliphatic carbocycles. The largest absolute Gasteiger partial charge is 0.511 e. The van der Waals surface area contributed by atoms with Crippen LogP contribution in [0.4, 0.5) is 18.0 Å². The molecule has 170 valence electrons. The van der Waals surface area contributed by atoms with Crippen molar-refractivity contribution in [1.29, 1.82) is 0 Å². The van der Waals surface area contributed by atoms with E-state index < -0.39 is 45.7 Å². The summed E-state index contributed by atoms with van der Waals surface area (Å²) < 4.78 is 55.3. The van der Waals surface area contributed by atoms with Crippen molar-refractivity contribution in [3.8, 4) is 17.1 Å². The molecule has 3 aromatic carbocycles. The van der Waals surface area contributed by atoms with Gasteiger partial charge >= 0.3 is 6.16 Å². The predicted molar refractivity (Wildman–Crippen MR) is 117 cm³/mol. The van der Waals surface area contributed by atoms with E-state index in [0.717, 1.165) is 28.3 Å². The van der Waals surface area contributed by atoms with Crippen LogP contribution in [0.15, 0.2) is 76.1 Å². The molecule has 1 N–H and O–H groups in total. The minimum Gasteiger partial charge on any atom is -0.456 e. The molecule has 2 aromatic heterocycles. The maximum Gasteiger partial charge on any atom is 0.511 e. The molecule has 34 heavy (non-hydrogen) atoms. The first-order valence-electron chi connectivity index (χ1n) is 10.0. The number of hydrogen-bond donors (Lipinski definition) is 1. The smallest absolute Gasteiger partial charge is 0.456 e. The highest BCUT2D eigenvalue weighted by molar-refractivity contribution is 5.83. The van der Waals surface area contributed by atoms with Crippen LogP contribution in [-0.2, 0) is 6.54 Å². The molecule has 5 aromatic rings. The van der Waals surface area contributed by atoms with Crippen molar-refractivity contribution in [2.75, 3.05) is 0 Å². The van der Waals surface area contributed by atoms with Gasteiger partial charge in [-0.05, 0) is 30.3 Å². The van der Waals surface area contributed by atoms with Crippen LogP contribution in [0.2, 0.25) is 0 Å². The van der Waals surface area contributed by atoms with Gasteiger partial charge in [-0.2, -0.15) is 0 Å². The van der Waals surface area contributed by atoms with Crippen molar-refractivity contribution in [2.45, 2.75) is 6.54 Å². The Labute approximate surface area is 189 Å². The topological polar surface area (TPSA) is 81.7 Å². The first-order chi connectivity index (χ1) is 16.3. The lowest BCUT2D eigenvalue weighted by molar-refractivity contribution is 0.143. The number of nitrogens with zero attached hydrogens (tertiary/aromatic N) is 1. The number of furan rings is 1. The summed E-state index contributed by atoms with van der Waals surface area (Å²) in [4.78, 5) is 23.5. The van der Waals surface area contributed by atoms with Gasteiger partial charge in [0.2, 0.25) is 5.43 Å². The average Bonchev–Trinajstić information content (AvgIpc) is 3.24. The van der Waals surface area contributed by atoms with Crippen molar-refractivity contribution < 1.29 is 32.2 Å². The van der Waals surface area contributed by atoms with Crippen LogP contribution in [0.5, 0.6) is 5.75 Å². The van der Waals surface area contributed by atoms with Crippen LogP contribution in [-0.4, -0.2) is 15.8 Å². The van der Waals surface area contributed by atoms with Crippen molar-refractivity contribution >= 4 is 28.0 Å². The molecule has 0 saturated heterocycles. The molecule has 0 atom stereocenters. The molecule has 0 aliphatic rings. The number of aromatic nitrogens is 1. The Kier molecular flexibility index (Phi) is 5.09. The number of carboxylic acid groups (broad SMARTS) is 1. The molecule has 5 rings (SSSR count). The SMILES string of the molecule is O=C(O)Oc1cn(Cc2ccc(-c3cc4ccccc4o3)cc2F)c2c(F)ccc(F)c2c1=O. The monoisotopic (exact) mass is 465 g/mol. The maximum atomic E-state index is 15.0. The normalized spacial score (nSPS) is 11.3. The van der Waals surface area contributed by atoms with Crippen LogP contribution < -0.4 is 10.2 Å². The van der Waals surface area contributed by atoms with Gasteiger partial charge in [0.25, 0.3) is 0 Å². The Morgan fingerprint density at radius 3 is 2.47 bits per heavy atom. The molecule has 0 unspecified atom stereocenters. The lowest BCUT2D eigenvalue weighted by atomic mass is 10.1. The molecule has 0 fully saturated rings. The number of halogens is 3. The highest BCUT2D eigenvalue weighted by atomic mass is 19.1. The molecule has 0 amide bonds. The summed E-state index contributed by atoms with van der Waals surface area (Å²) in [7, 11) is 0. The second-order valence-electron chi connectivity index (χ2n) is 7.53. The average molecular weight is 465 g/mol. The summed E-state index contributed by atoms with van der Waals surface area (Å²) >= 11 is 0. The van der Waals surface area contributed by atoms with Crippen molar-refractivity contribution in [2.24, 2.45) is 0 Å². The van der Waals surface area contributed by atoms with E-state index in [2.05, 4.69) is 4.74 Å². The first-order valence-corrected chi connectivity index (χ1v) is 10.0. The van der Waals surface area contributed by atoms with Crippen LogP contribution in [0.3, 0.4) is 0 Å². The standard InChI is InChI=1S/C25H14F3NO5/c26-16-7-8-17(27)23-22(16)24(30)21(34-25(31)32)12-29(23)11-15-6-5-14(9-18(15)28)20-10-13-3-1-2-4-19(13)33-20/h1-10,12H,11H2,(H,31,32). The quantitative estimate of drug-likeness (QED) is 0.333. The number of carbonyl (C=O) groups is 1. The summed E-state index contributed by atoms with van der Waals surface area (Å²) in [5.41, 5.74) is -0.385. The fraction of sp³-hybridized carbons (Fsp3) is 0.0400. The minimum atomic E-state index is -1.80. The Hall–Kier alpha value is -4.53. The molecule has 0 radical (unpaired) electrons. The first kappa shape index (κ1) is 21.3. The number of benzene rings is 3. The Morgan fingerprint density at radius 2 is 1.74 bits per heavy atom. The third kappa shape index (κ3) is 3.66. The van der Waals surface area contributed by atoms with Gasteiger partial charge in [-0.3, -0.25) is 4.79 Å². The zero-order valence-electron chi connectivity index (χ0n) is 17.2. The van der Waals surface area contributed by atoms with Crippen LogP contribution in [0.1, 0.15) is 5.56 Å². The highest BCUT2D eigenvalue weighted by Crippen LogP contribution is 2.30. The number of pyridine rings is 1. The van der Waals surface area contributed by atoms with E-state index in [4.69, 9.17) is 9.52 Å². The van der Waals surface area contributed by atoms with E-state index >= 15 is 4.39 Å². The summed E-state index contributed by atoms with van der Waals surface area (Å²) in [6.07, 6.45) is -0.894. The molecule has 9 heteroatoms. The van der Waals surface area contributed by atoms with Gasteiger partial charge in [-0.15, -0.1) is 0 Å². The summed E-state index contributed by atoms with van der Waals surface area (Å²) in [6, 6.07) is 14.9. The maximum absolute atomic E-state index is 15.0. The van der Waals surface area contributed by atoms with E-state index in [9.17, 15) is 18.4 Å². The molecule has 0 saturated carbocycles. The van der Waals surface area contributed by atoms with E-state index in [-0.39, 0.29) is 12.1 Å². The van der Waals surface area contributed by atoms with Gasteiger partial charge in [-0.1, -0.05) is 30.3 Å². The van der Waals surface area contributed by atoms with Crippen LogP contribution in [0, 0.1) is 17.5 Å². The summed E-state index contributed by atoms with van der Waals surface area (Å²) in [5, 5.41) is 9.05. The zero-order valence-corrected chi connectivity index (χ0v) is 17.2. The van der Waals surface area contributed by atoms with Gasteiger partial charge in [0, 0.05) is 16.5 Å². The fourth-order valence-corrected chi connectivity index (χ4v) is 3.85. The van der Waals surface area contributed by atoms with Gasteiger partial charge < -0.3 is 18.8 Å². The van der Waals surface area contributed by atoms with Gasteiger partial charge in [0.1, 0.15) is 28.8 Å². The Balaban J connectivity index is 1.60. The Morgan fingerprint density at radius 1 is 0.971 bits per heavy atom. The molecule has 0 spiro atoms. The molecular formula is C25H14F3NO5. The van der Waals surface area contributed by atoms with Crippen LogP contribution in [0.25, 0.3) is 33.2 Å². The second-order valence-corrected chi connectivity index (χ2v) is 7.53. The highest BCUT2D eigenvalue weighted by Gasteiger charge is 2.20. The molecule has 2 heterocycles. The lowest BCUT2D eigenvalue weighted by Gasteiger charge is -2.15. The van der Waals surface area contributed by atoms with Crippen molar-refractivity contribution in [3.05, 3.63) is 100 Å². The van der Waals surface area contributed by atoms with Crippen LogP contribution >= 0.6 is 0 Å². The van der Waals surface area contributed by atoms with E-state index in [1.54, 1.807) is 18.2 Å². The number of hydrogen-bond acceptors (Lipinski definition) is 4. The number of rotatable bonds is 4. The van der Waals surface area contributed by atoms with E-state index in [1.807, 2.05) is 18.2 Å². The third-order valence-corrected chi connectivity index (χ3v) is 5.39. The Bertz CT molecular complexity index is 1620. The summed E-state index contributed by atoms with van der Waals surface area (Å²) in [5.74, 6) is -2.95. The number of fused-ring (bicyclic) bond motifs is 2. The van der Waals surface area contributed by atoms with E-state index in [0.29, 0.717) is 16.9 Å². The fourth-order valence-electron chi connectivity index (χ4n) is 3.85. The van der Waals surface area contributed by atoms with E-state index in [1.165, 1.54) is 12.1 Å². The number of ether oxygens (including phenoxy) is 1. The van der Waals surface area contributed by atoms with Gasteiger partial charge in [0.15, 0.2) is 5.75 Å². The number of para-hydroxylation sites is 1. The molecular weight excluding hydrogens is 451 g/mol. The minimum absolute atomic E-state index is 0.0785. The third-order valence-electron chi connectivity index (χ3n) is 5.39. The van der Waals surface area contributed by atoms with Gasteiger partial charge in [-0.25, -0.2) is 18.0 Å². The molecule has 6 nitrogen and oxygen atoms in total. The summed E-state index contributed by atoms with van der Waals surface area (Å²) in [6.45, 7) is -0.334. The van der Waals surface area contributed by atoms with Crippen molar-refractivity contribution in [3.63, 3.8) is 0 Å². The molecule has 0 aliphatic heterocycles. The molecule has 0 bridgehead atoms. The van der Waals surface area contributed by atoms with Gasteiger partial charge in [0.05, 0.1) is 23.6 Å². The van der Waals surface area contributed by atoms with Crippen molar-refractivity contribution in [1.82, 2.24) is 4.57 Å². The second kappa shape index (κ2) is 8.11. The zero-order chi connectivity index (χ0) is 24.0.